The molecule has 0 aliphatic heterocycles. The van der Waals surface area contributed by atoms with Gasteiger partial charge in [-0.3, -0.25) is 4.79 Å². The van der Waals surface area contributed by atoms with Crippen LogP contribution < -0.4 is 10.1 Å². The first-order valence-corrected chi connectivity index (χ1v) is 9.13. The first-order chi connectivity index (χ1) is 13.2. The molecule has 27 heavy (non-hydrogen) atoms. The molecule has 0 saturated heterocycles. The normalized spacial score (nSPS) is 10.5. The Morgan fingerprint density at radius 1 is 0.963 bits per heavy atom. The van der Waals surface area contributed by atoms with Crippen molar-refractivity contribution in [2.24, 2.45) is 0 Å². The minimum atomic E-state index is -0.567. The van der Waals surface area contributed by atoms with Crippen LogP contribution in [0.5, 0.6) is 11.5 Å². The van der Waals surface area contributed by atoms with Crippen molar-refractivity contribution >= 4 is 35.0 Å². The molecule has 1 amide bonds. The average Bonchev–Trinajstić information content (AvgIpc) is 3.21. The zero-order valence-electron chi connectivity index (χ0n) is 14.3. The summed E-state index contributed by atoms with van der Waals surface area (Å²) in [5.74, 6) is 0.410. The average molecular weight is 379 g/mol. The summed E-state index contributed by atoms with van der Waals surface area (Å²) in [6.45, 7) is -0.352. The van der Waals surface area contributed by atoms with Crippen LogP contribution >= 0.6 is 11.3 Å². The maximum absolute atomic E-state index is 11.9. The molecule has 0 spiro atoms. The molecule has 0 fully saturated rings. The van der Waals surface area contributed by atoms with Gasteiger partial charge in [0.15, 0.2) is 6.61 Å². The fraction of sp³-hybridized carbons (Fsp3) is 0.0476. The Bertz CT molecular complexity index is 903. The first-order valence-electron chi connectivity index (χ1n) is 8.19. The topological polar surface area (TPSA) is 64.6 Å². The van der Waals surface area contributed by atoms with Crippen LogP contribution in [0.4, 0.5) is 5.69 Å². The summed E-state index contributed by atoms with van der Waals surface area (Å²) in [5, 5.41) is 6.48. The molecule has 0 unspecified atom stereocenters. The van der Waals surface area contributed by atoms with E-state index in [1.165, 1.54) is 17.4 Å². The number of hydrogen-bond acceptors (Lipinski definition) is 5. The van der Waals surface area contributed by atoms with Gasteiger partial charge < -0.3 is 14.8 Å². The quantitative estimate of drug-likeness (QED) is 0.476. The van der Waals surface area contributed by atoms with Gasteiger partial charge in [-0.2, -0.15) is 11.3 Å². The van der Waals surface area contributed by atoms with E-state index in [9.17, 15) is 9.59 Å². The van der Waals surface area contributed by atoms with Gasteiger partial charge in [0.1, 0.15) is 11.5 Å². The van der Waals surface area contributed by atoms with E-state index in [-0.39, 0.29) is 6.61 Å². The summed E-state index contributed by atoms with van der Waals surface area (Å²) in [7, 11) is 0. The highest BCUT2D eigenvalue weighted by molar-refractivity contribution is 7.08. The summed E-state index contributed by atoms with van der Waals surface area (Å²) >= 11 is 1.54. The second kappa shape index (κ2) is 9.35. The molecule has 0 radical (unpaired) electrons. The maximum atomic E-state index is 11.9. The van der Waals surface area contributed by atoms with Crippen molar-refractivity contribution < 1.29 is 19.1 Å². The third-order valence-corrected chi connectivity index (χ3v) is 4.12. The predicted molar refractivity (Wildman–Crippen MR) is 106 cm³/mol. The number of nitrogens with one attached hydrogen (secondary N) is 1. The summed E-state index contributed by atoms with van der Waals surface area (Å²) in [5.41, 5.74) is 1.50. The Morgan fingerprint density at radius 3 is 2.41 bits per heavy atom. The lowest BCUT2D eigenvalue weighted by molar-refractivity contribution is -0.142. The Morgan fingerprint density at radius 2 is 1.70 bits per heavy atom. The monoisotopic (exact) mass is 379 g/mol. The summed E-state index contributed by atoms with van der Waals surface area (Å²) < 4.78 is 10.6. The molecule has 6 heteroatoms. The first kappa shape index (κ1) is 18.4. The van der Waals surface area contributed by atoms with E-state index in [1.807, 2.05) is 47.2 Å². The van der Waals surface area contributed by atoms with Gasteiger partial charge in [-0.1, -0.05) is 18.2 Å². The lowest BCUT2D eigenvalue weighted by Crippen LogP contribution is -2.20. The van der Waals surface area contributed by atoms with Crippen molar-refractivity contribution in [1.82, 2.24) is 0 Å². The molecular weight excluding hydrogens is 362 g/mol. The van der Waals surface area contributed by atoms with E-state index < -0.39 is 11.9 Å². The summed E-state index contributed by atoms with van der Waals surface area (Å²) in [6, 6.07) is 18.2. The minimum absolute atomic E-state index is 0.352. The van der Waals surface area contributed by atoms with E-state index in [4.69, 9.17) is 9.47 Å². The lowest BCUT2D eigenvalue weighted by Gasteiger charge is -2.08. The number of para-hydroxylation sites is 1. The maximum Gasteiger partial charge on any atom is 0.331 e. The van der Waals surface area contributed by atoms with Crippen LogP contribution in [0.2, 0.25) is 0 Å². The number of amides is 1. The highest BCUT2D eigenvalue weighted by atomic mass is 32.1. The van der Waals surface area contributed by atoms with Crippen molar-refractivity contribution in [3.8, 4) is 11.5 Å². The number of carbonyl (C=O) groups excluding carboxylic acids is 2. The van der Waals surface area contributed by atoms with Crippen LogP contribution in [0.1, 0.15) is 5.56 Å². The van der Waals surface area contributed by atoms with Crippen molar-refractivity contribution in [2.75, 3.05) is 11.9 Å². The largest absolute Gasteiger partial charge is 0.457 e. The van der Waals surface area contributed by atoms with E-state index >= 15 is 0 Å². The highest BCUT2D eigenvalue weighted by Gasteiger charge is 2.06. The smallest absolute Gasteiger partial charge is 0.331 e. The van der Waals surface area contributed by atoms with Crippen molar-refractivity contribution in [3.05, 3.63) is 83.1 Å². The third kappa shape index (κ3) is 6.13. The summed E-state index contributed by atoms with van der Waals surface area (Å²) in [4.78, 5) is 23.5. The Balaban J connectivity index is 1.44. The van der Waals surface area contributed by atoms with Crippen molar-refractivity contribution in [3.63, 3.8) is 0 Å². The van der Waals surface area contributed by atoms with Gasteiger partial charge in [-0.25, -0.2) is 4.79 Å². The number of thiophene rings is 1. The molecule has 1 N–H and O–H groups in total. The molecule has 0 bridgehead atoms. The van der Waals surface area contributed by atoms with Gasteiger partial charge in [0.2, 0.25) is 0 Å². The van der Waals surface area contributed by atoms with E-state index in [0.717, 1.165) is 11.3 Å². The number of carbonyl (C=O) groups is 2. The molecular formula is C21H17NO4S. The van der Waals surface area contributed by atoms with Gasteiger partial charge in [0.05, 0.1) is 0 Å². The predicted octanol–water partition coefficient (Wildman–Crippen LogP) is 4.74. The van der Waals surface area contributed by atoms with Crippen molar-refractivity contribution in [2.45, 2.75) is 0 Å². The van der Waals surface area contributed by atoms with Gasteiger partial charge in [0.25, 0.3) is 5.91 Å². The zero-order valence-corrected chi connectivity index (χ0v) is 15.1. The van der Waals surface area contributed by atoms with E-state index in [2.05, 4.69) is 5.32 Å². The van der Waals surface area contributed by atoms with Crippen LogP contribution in [0.15, 0.2) is 77.5 Å². The SMILES string of the molecule is O=C(COC(=O)/C=C/c1ccsc1)Nc1ccc(Oc2ccccc2)cc1. The van der Waals surface area contributed by atoms with Crippen LogP contribution in [0, 0.1) is 0 Å². The lowest BCUT2D eigenvalue weighted by atomic mass is 10.3. The van der Waals surface area contributed by atoms with E-state index in [0.29, 0.717) is 11.4 Å². The molecule has 3 rings (SSSR count). The molecule has 0 saturated carbocycles. The van der Waals surface area contributed by atoms with Gasteiger partial charge >= 0.3 is 5.97 Å². The Labute approximate surface area is 160 Å². The van der Waals surface area contributed by atoms with Crippen LogP contribution in [-0.4, -0.2) is 18.5 Å². The molecule has 0 atom stereocenters. The Kier molecular flexibility index (Phi) is 6.38. The number of anilines is 1. The second-order valence-electron chi connectivity index (χ2n) is 5.49. The number of esters is 1. The van der Waals surface area contributed by atoms with Crippen LogP contribution in [-0.2, 0) is 14.3 Å². The molecule has 0 aliphatic carbocycles. The number of benzene rings is 2. The number of rotatable bonds is 7. The van der Waals surface area contributed by atoms with E-state index in [1.54, 1.807) is 30.3 Å². The fourth-order valence-electron chi connectivity index (χ4n) is 2.15. The molecule has 1 aromatic heterocycles. The second-order valence-corrected chi connectivity index (χ2v) is 6.27. The fourth-order valence-corrected chi connectivity index (χ4v) is 2.78. The standard InChI is InChI=1S/C21H17NO4S/c23-20(14-25-21(24)11-6-16-12-13-27-15-16)22-17-7-9-19(10-8-17)26-18-4-2-1-3-5-18/h1-13,15H,14H2,(H,22,23)/b11-6+. The van der Waals surface area contributed by atoms with Crippen LogP contribution in [0.25, 0.3) is 6.08 Å². The molecule has 3 aromatic rings. The molecule has 136 valence electrons. The summed E-state index contributed by atoms with van der Waals surface area (Å²) in [6.07, 6.45) is 2.94. The van der Waals surface area contributed by atoms with Gasteiger partial charge in [-0.15, -0.1) is 0 Å². The van der Waals surface area contributed by atoms with Gasteiger partial charge in [-0.05, 0) is 64.9 Å². The molecule has 2 aromatic carbocycles. The third-order valence-electron chi connectivity index (χ3n) is 3.42. The molecule has 0 aliphatic rings. The minimum Gasteiger partial charge on any atom is -0.457 e. The molecule has 5 nitrogen and oxygen atoms in total. The molecule has 1 heterocycles. The Hall–Kier alpha value is -3.38. The van der Waals surface area contributed by atoms with Gasteiger partial charge in [0, 0.05) is 11.8 Å². The van der Waals surface area contributed by atoms with Crippen LogP contribution in [0.3, 0.4) is 0 Å². The number of hydrogen-bond donors (Lipinski definition) is 1. The van der Waals surface area contributed by atoms with Crippen molar-refractivity contribution in [1.29, 1.82) is 0 Å². The highest BCUT2D eigenvalue weighted by Crippen LogP contribution is 2.22. The zero-order chi connectivity index (χ0) is 18.9. The number of ether oxygens (including phenoxy) is 2.